The summed E-state index contributed by atoms with van der Waals surface area (Å²) in [4.78, 5) is 23.6. The number of piperidine rings is 1. The first-order valence-corrected chi connectivity index (χ1v) is 7.07. The fourth-order valence-corrected chi connectivity index (χ4v) is 2.26. The van der Waals surface area contributed by atoms with Crippen molar-refractivity contribution in [1.82, 2.24) is 10.6 Å². The van der Waals surface area contributed by atoms with Crippen molar-refractivity contribution in [1.29, 1.82) is 0 Å². The van der Waals surface area contributed by atoms with Gasteiger partial charge in [0.1, 0.15) is 0 Å². The third-order valence-corrected chi connectivity index (χ3v) is 3.51. The number of rotatable bonds is 4. The zero-order valence-electron chi connectivity index (χ0n) is 11.1. The lowest BCUT2D eigenvalue weighted by Crippen LogP contribution is -2.41. The first-order valence-electron chi connectivity index (χ1n) is 6.69. The molecule has 0 saturated carbocycles. The Kier molecular flexibility index (Phi) is 5.38. The van der Waals surface area contributed by atoms with E-state index in [-0.39, 0.29) is 24.3 Å². The molecular formula is C14H18ClN3O2. The molecule has 1 heterocycles. The Balaban J connectivity index is 1.74. The van der Waals surface area contributed by atoms with E-state index >= 15 is 0 Å². The maximum absolute atomic E-state index is 11.9. The zero-order valence-corrected chi connectivity index (χ0v) is 11.9. The number of hydrogen-bond acceptors (Lipinski definition) is 3. The van der Waals surface area contributed by atoms with E-state index < -0.39 is 0 Å². The minimum Gasteiger partial charge on any atom is -0.347 e. The van der Waals surface area contributed by atoms with Gasteiger partial charge in [-0.3, -0.25) is 9.59 Å². The molecule has 0 spiro atoms. The van der Waals surface area contributed by atoms with Gasteiger partial charge in [-0.1, -0.05) is 11.6 Å². The number of hydrogen-bond donors (Lipinski definition) is 3. The summed E-state index contributed by atoms with van der Waals surface area (Å²) in [6.45, 7) is 1.70. The van der Waals surface area contributed by atoms with E-state index in [1.54, 1.807) is 24.3 Å². The predicted molar refractivity (Wildman–Crippen MR) is 78.7 cm³/mol. The van der Waals surface area contributed by atoms with Gasteiger partial charge in [0.15, 0.2) is 0 Å². The van der Waals surface area contributed by atoms with Gasteiger partial charge in [-0.25, -0.2) is 0 Å². The Morgan fingerprint density at radius 3 is 2.50 bits per heavy atom. The molecule has 6 heteroatoms. The largest absolute Gasteiger partial charge is 0.347 e. The molecule has 1 aromatic carbocycles. The van der Waals surface area contributed by atoms with E-state index in [4.69, 9.17) is 11.6 Å². The van der Waals surface area contributed by atoms with Crippen molar-refractivity contribution in [3.8, 4) is 0 Å². The molecule has 0 radical (unpaired) electrons. The number of benzene rings is 1. The second kappa shape index (κ2) is 7.26. The van der Waals surface area contributed by atoms with Crippen LogP contribution in [0.5, 0.6) is 0 Å². The highest BCUT2D eigenvalue weighted by Crippen LogP contribution is 2.13. The molecule has 20 heavy (non-hydrogen) atoms. The SMILES string of the molecule is O=C(CNC(=O)C1CCNCC1)Nc1ccc(Cl)cc1. The Bertz CT molecular complexity index is 470. The molecule has 1 saturated heterocycles. The average Bonchev–Trinajstić information content (AvgIpc) is 2.48. The molecule has 1 fully saturated rings. The van der Waals surface area contributed by atoms with Crippen molar-refractivity contribution in [3.05, 3.63) is 29.3 Å². The monoisotopic (exact) mass is 295 g/mol. The van der Waals surface area contributed by atoms with Crippen molar-refractivity contribution < 1.29 is 9.59 Å². The van der Waals surface area contributed by atoms with Crippen LogP contribution >= 0.6 is 11.6 Å². The van der Waals surface area contributed by atoms with Crippen LogP contribution < -0.4 is 16.0 Å². The van der Waals surface area contributed by atoms with Gasteiger partial charge in [-0.2, -0.15) is 0 Å². The van der Waals surface area contributed by atoms with Crippen molar-refractivity contribution in [2.75, 3.05) is 25.0 Å². The Morgan fingerprint density at radius 1 is 1.20 bits per heavy atom. The van der Waals surface area contributed by atoms with Gasteiger partial charge in [0.2, 0.25) is 11.8 Å². The molecule has 0 aromatic heterocycles. The summed E-state index contributed by atoms with van der Waals surface area (Å²) in [5, 5.41) is 9.20. The van der Waals surface area contributed by atoms with Gasteiger partial charge in [0, 0.05) is 16.6 Å². The zero-order chi connectivity index (χ0) is 14.4. The van der Waals surface area contributed by atoms with Gasteiger partial charge < -0.3 is 16.0 Å². The topological polar surface area (TPSA) is 70.2 Å². The molecule has 5 nitrogen and oxygen atoms in total. The summed E-state index contributed by atoms with van der Waals surface area (Å²) < 4.78 is 0. The fraction of sp³-hybridized carbons (Fsp3) is 0.429. The summed E-state index contributed by atoms with van der Waals surface area (Å²) in [6.07, 6.45) is 1.65. The van der Waals surface area contributed by atoms with E-state index in [2.05, 4.69) is 16.0 Å². The molecule has 1 aromatic rings. The molecule has 0 aliphatic carbocycles. The van der Waals surface area contributed by atoms with Gasteiger partial charge in [-0.15, -0.1) is 0 Å². The number of amides is 2. The van der Waals surface area contributed by atoms with E-state index in [1.807, 2.05) is 0 Å². The highest BCUT2D eigenvalue weighted by molar-refractivity contribution is 6.30. The smallest absolute Gasteiger partial charge is 0.243 e. The van der Waals surface area contributed by atoms with Crippen LogP contribution in [0, 0.1) is 5.92 Å². The van der Waals surface area contributed by atoms with Gasteiger partial charge in [0.05, 0.1) is 6.54 Å². The van der Waals surface area contributed by atoms with Crippen molar-refractivity contribution in [2.24, 2.45) is 5.92 Å². The van der Waals surface area contributed by atoms with Crippen LogP contribution in [0.25, 0.3) is 0 Å². The van der Waals surface area contributed by atoms with Gasteiger partial charge in [-0.05, 0) is 50.2 Å². The second-order valence-corrected chi connectivity index (χ2v) is 5.23. The molecule has 0 atom stereocenters. The molecule has 3 N–H and O–H groups in total. The predicted octanol–water partition coefficient (Wildman–Crippen LogP) is 1.39. The van der Waals surface area contributed by atoms with Crippen LogP contribution in [0.15, 0.2) is 24.3 Å². The standard InChI is InChI=1S/C14H18ClN3O2/c15-11-1-3-12(4-2-11)18-13(19)9-17-14(20)10-5-7-16-8-6-10/h1-4,10,16H,5-9H2,(H,17,20)(H,18,19). The number of anilines is 1. The normalized spacial score (nSPS) is 15.7. The number of nitrogens with one attached hydrogen (secondary N) is 3. The lowest BCUT2D eigenvalue weighted by molar-refractivity contribution is -0.127. The van der Waals surface area contributed by atoms with Crippen molar-refractivity contribution in [3.63, 3.8) is 0 Å². The third kappa shape index (κ3) is 4.51. The number of carbonyl (C=O) groups excluding carboxylic acids is 2. The Hall–Kier alpha value is -1.59. The molecular weight excluding hydrogens is 278 g/mol. The number of carbonyl (C=O) groups is 2. The van der Waals surface area contributed by atoms with E-state index in [9.17, 15) is 9.59 Å². The Morgan fingerprint density at radius 2 is 1.85 bits per heavy atom. The third-order valence-electron chi connectivity index (χ3n) is 3.26. The lowest BCUT2D eigenvalue weighted by atomic mass is 9.97. The van der Waals surface area contributed by atoms with Crippen LogP contribution in [0.3, 0.4) is 0 Å². The first kappa shape index (κ1) is 14.8. The summed E-state index contributed by atoms with van der Waals surface area (Å²) in [7, 11) is 0. The maximum Gasteiger partial charge on any atom is 0.243 e. The molecule has 0 unspecified atom stereocenters. The lowest BCUT2D eigenvalue weighted by Gasteiger charge is -2.21. The van der Waals surface area contributed by atoms with Crippen LogP contribution in [0.2, 0.25) is 5.02 Å². The van der Waals surface area contributed by atoms with E-state index in [1.165, 1.54) is 0 Å². The van der Waals surface area contributed by atoms with E-state index in [0.717, 1.165) is 25.9 Å². The minimum absolute atomic E-state index is 0.00854. The minimum atomic E-state index is -0.241. The molecule has 1 aliphatic heterocycles. The summed E-state index contributed by atoms with van der Waals surface area (Å²) >= 11 is 5.76. The van der Waals surface area contributed by atoms with Crippen LogP contribution in [0.4, 0.5) is 5.69 Å². The second-order valence-electron chi connectivity index (χ2n) is 4.80. The molecule has 108 valence electrons. The molecule has 1 aliphatic rings. The summed E-state index contributed by atoms with van der Waals surface area (Å²) in [5.41, 5.74) is 0.663. The number of halogens is 1. The molecule has 2 rings (SSSR count). The first-order chi connectivity index (χ1) is 9.65. The summed E-state index contributed by atoms with van der Waals surface area (Å²) in [6, 6.07) is 6.83. The van der Waals surface area contributed by atoms with Crippen molar-refractivity contribution >= 4 is 29.1 Å². The highest BCUT2D eigenvalue weighted by atomic mass is 35.5. The summed E-state index contributed by atoms with van der Waals surface area (Å²) in [5.74, 6) is -0.271. The average molecular weight is 296 g/mol. The van der Waals surface area contributed by atoms with Crippen LogP contribution in [-0.2, 0) is 9.59 Å². The molecule has 2 amide bonds. The molecule has 0 bridgehead atoms. The van der Waals surface area contributed by atoms with E-state index in [0.29, 0.717) is 10.7 Å². The van der Waals surface area contributed by atoms with Crippen LogP contribution in [0.1, 0.15) is 12.8 Å². The van der Waals surface area contributed by atoms with Gasteiger partial charge >= 0.3 is 0 Å². The quantitative estimate of drug-likeness (QED) is 0.786. The van der Waals surface area contributed by atoms with Crippen molar-refractivity contribution in [2.45, 2.75) is 12.8 Å². The Labute approximate surface area is 123 Å². The maximum atomic E-state index is 11.9. The fourth-order valence-electron chi connectivity index (χ4n) is 2.13. The van der Waals surface area contributed by atoms with Gasteiger partial charge in [0.25, 0.3) is 0 Å². The highest BCUT2D eigenvalue weighted by Gasteiger charge is 2.20. The van der Waals surface area contributed by atoms with Crippen LogP contribution in [-0.4, -0.2) is 31.4 Å².